The van der Waals surface area contributed by atoms with E-state index in [1.807, 2.05) is 39.1 Å². The van der Waals surface area contributed by atoms with Gasteiger partial charge in [-0.15, -0.1) is 0 Å². The van der Waals surface area contributed by atoms with Gasteiger partial charge in [-0.25, -0.2) is 4.79 Å². The van der Waals surface area contributed by atoms with Crippen molar-refractivity contribution in [3.63, 3.8) is 0 Å². The molecule has 0 aliphatic heterocycles. The highest BCUT2D eigenvalue weighted by molar-refractivity contribution is 5.69. The number of alkyl carbamates (subject to hydrolysis) is 1. The zero-order chi connectivity index (χ0) is 12.5. The SMILES string of the molecule is CC(C)(C)OC(=O)N[C@H]1C[C@@H]1c1cccnc1. The van der Waals surface area contributed by atoms with E-state index >= 15 is 0 Å². The van der Waals surface area contributed by atoms with E-state index < -0.39 is 5.60 Å². The van der Waals surface area contributed by atoms with Gasteiger partial charge >= 0.3 is 6.09 Å². The highest BCUT2D eigenvalue weighted by Crippen LogP contribution is 2.40. The Kier molecular flexibility index (Phi) is 3.05. The molecule has 1 aliphatic rings. The van der Waals surface area contributed by atoms with E-state index in [1.54, 1.807) is 6.20 Å². The standard InChI is InChI=1S/C13H18N2O2/c1-13(2,3)17-12(16)15-11-7-10(11)9-5-4-6-14-8-9/h4-6,8,10-11H,7H2,1-3H3,(H,15,16)/t10-,11+/m1/s1. The molecule has 0 radical (unpaired) electrons. The summed E-state index contributed by atoms with van der Waals surface area (Å²) < 4.78 is 5.21. The van der Waals surface area contributed by atoms with Gasteiger partial charge in [0.05, 0.1) is 0 Å². The van der Waals surface area contributed by atoms with E-state index in [2.05, 4.69) is 10.3 Å². The van der Waals surface area contributed by atoms with Crippen molar-refractivity contribution in [1.82, 2.24) is 10.3 Å². The molecule has 17 heavy (non-hydrogen) atoms. The molecule has 0 aromatic carbocycles. The molecular weight excluding hydrogens is 216 g/mol. The molecule has 92 valence electrons. The lowest BCUT2D eigenvalue weighted by Gasteiger charge is -2.19. The second kappa shape index (κ2) is 4.35. The van der Waals surface area contributed by atoms with Gasteiger partial charge in [0, 0.05) is 24.4 Å². The molecule has 1 aromatic heterocycles. The molecule has 1 saturated carbocycles. The van der Waals surface area contributed by atoms with Crippen LogP contribution in [0.4, 0.5) is 4.79 Å². The van der Waals surface area contributed by atoms with Crippen LogP contribution in [0.1, 0.15) is 38.7 Å². The average molecular weight is 234 g/mol. The van der Waals surface area contributed by atoms with Crippen LogP contribution in [0.25, 0.3) is 0 Å². The predicted molar refractivity (Wildman–Crippen MR) is 64.8 cm³/mol. The Morgan fingerprint density at radius 1 is 1.53 bits per heavy atom. The Balaban J connectivity index is 1.83. The zero-order valence-electron chi connectivity index (χ0n) is 10.4. The highest BCUT2D eigenvalue weighted by atomic mass is 16.6. The number of carbonyl (C=O) groups excluding carboxylic acids is 1. The minimum absolute atomic E-state index is 0.189. The van der Waals surface area contributed by atoms with Crippen molar-refractivity contribution in [3.8, 4) is 0 Å². The van der Waals surface area contributed by atoms with Crippen molar-refractivity contribution in [3.05, 3.63) is 30.1 Å². The van der Waals surface area contributed by atoms with Crippen molar-refractivity contribution >= 4 is 6.09 Å². The van der Waals surface area contributed by atoms with E-state index in [0.29, 0.717) is 5.92 Å². The van der Waals surface area contributed by atoms with Crippen LogP contribution < -0.4 is 5.32 Å². The summed E-state index contributed by atoms with van der Waals surface area (Å²) in [6, 6.07) is 4.14. The normalized spacial score (nSPS) is 23.0. The van der Waals surface area contributed by atoms with Crippen molar-refractivity contribution in [2.45, 2.75) is 44.8 Å². The van der Waals surface area contributed by atoms with E-state index in [-0.39, 0.29) is 12.1 Å². The van der Waals surface area contributed by atoms with Crippen LogP contribution in [0.5, 0.6) is 0 Å². The summed E-state index contributed by atoms with van der Waals surface area (Å²) in [5.41, 5.74) is 0.733. The number of pyridine rings is 1. The number of nitrogens with one attached hydrogen (secondary N) is 1. The number of amides is 1. The van der Waals surface area contributed by atoms with Crippen LogP contribution >= 0.6 is 0 Å². The number of hydrogen-bond acceptors (Lipinski definition) is 3. The molecule has 1 fully saturated rings. The largest absolute Gasteiger partial charge is 0.444 e. The molecule has 1 aliphatic carbocycles. The molecule has 0 spiro atoms. The number of nitrogens with zero attached hydrogens (tertiary/aromatic N) is 1. The quantitative estimate of drug-likeness (QED) is 0.855. The third-order valence-corrected chi connectivity index (χ3v) is 2.61. The lowest BCUT2D eigenvalue weighted by atomic mass is 10.2. The molecule has 2 atom stereocenters. The van der Waals surface area contributed by atoms with Gasteiger partial charge in [-0.1, -0.05) is 6.07 Å². The second-order valence-electron chi connectivity index (χ2n) is 5.38. The molecule has 1 aromatic rings. The van der Waals surface area contributed by atoms with Crippen LogP contribution in [0.3, 0.4) is 0 Å². The van der Waals surface area contributed by atoms with Gasteiger partial charge in [0.1, 0.15) is 5.60 Å². The van der Waals surface area contributed by atoms with Gasteiger partial charge in [-0.05, 0) is 38.8 Å². The first-order chi connectivity index (χ1) is 7.96. The summed E-state index contributed by atoms with van der Waals surface area (Å²) in [6.45, 7) is 5.58. The number of hydrogen-bond donors (Lipinski definition) is 1. The van der Waals surface area contributed by atoms with Gasteiger partial charge in [0.2, 0.25) is 0 Å². The highest BCUT2D eigenvalue weighted by Gasteiger charge is 2.40. The van der Waals surface area contributed by atoms with Gasteiger partial charge in [0.15, 0.2) is 0 Å². The van der Waals surface area contributed by atoms with E-state index in [9.17, 15) is 4.79 Å². The maximum Gasteiger partial charge on any atom is 0.407 e. The molecule has 1 N–H and O–H groups in total. The smallest absolute Gasteiger partial charge is 0.407 e. The number of ether oxygens (including phenoxy) is 1. The van der Waals surface area contributed by atoms with Gasteiger partial charge in [-0.2, -0.15) is 0 Å². The summed E-state index contributed by atoms with van der Waals surface area (Å²) >= 11 is 0. The number of carbonyl (C=O) groups is 1. The Morgan fingerprint density at radius 3 is 2.88 bits per heavy atom. The van der Waals surface area contributed by atoms with Crippen molar-refractivity contribution in [2.75, 3.05) is 0 Å². The fourth-order valence-electron chi connectivity index (χ4n) is 1.78. The lowest BCUT2D eigenvalue weighted by molar-refractivity contribution is 0.0523. The van der Waals surface area contributed by atoms with Gasteiger partial charge in [-0.3, -0.25) is 4.98 Å². The molecule has 0 saturated heterocycles. The van der Waals surface area contributed by atoms with Crippen molar-refractivity contribution in [2.24, 2.45) is 0 Å². The topological polar surface area (TPSA) is 51.2 Å². The van der Waals surface area contributed by atoms with Crippen molar-refractivity contribution < 1.29 is 9.53 Å². The summed E-state index contributed by atoms with van der Waals surface area (Å²) in [4.78, 5) is 15.6. The van der Waals surface area contributed by atoms with Crippen LogP contribution in [-0.2, 0) is 4.74 Å². The fourth-order valence-corrected chi connectivity index (χ4v) is 1.78. The van der Waals surface area contributed by atoms with Gasteiger partial charge in [0.25, 0.3) is 0 Å². The molecule has 2 rings (SSSR count). The summed E-state index contributed by atoms with van der Waals surface area (Å²) in [6.07, 6.45) is 4.23. The first-order valence-corrected chi connectivity index (χ1v) is 5.85. The monoisotopic (exact) mass is 234 g/mol. The Labute approximate surface area is 101 Å². The first-order valence-electron chi connectivity index (χ1n) is 5.85. The van der Waals surface area contributed by atoms with Gasteiger partial charge < -0.3 is 10.1 Å². The maximum atomic E-state index is 11.5. The Morgan fingerprint density at radius 2 is 2.29 bits per heavy atom. The number of aromatic nitrogens is 1. The van der Waals surface area contributed by atoms with E-state index in [4.69, 9.17) is 4.74 Å². The minimum atomic E-state index is -0.442. The third-order valence-electron chi connectivity index (χ3n) is 2.61. The summed E-state index contributed by atoms with van der Waals surface area (Å²) in [5.74, 6) is 0.385. The zero-order valence-corrected chi connectivity index (χ0v) is 10.4. The third kappa shape index (κ3) is 3.44. The van der Waals surface area contributed by atoms with Crippen LogP contribution in [0.15, 0.2) is 24.5 Å². The van der Waals surface area contributed by atoms with Crippen LogP contribution in [0, 0.1) is 0 Å². The molecular formula is C13H18N2O2. The maximum absolute atomic E-state index is 11.5. The average Bonchev–Trinajstić information content (AvgIpc) is 2.95. The Hall–Kier alpha value is -1.58. The molecule has 4 nitrogen and oxygen atoms in total. The molecule has 4 heteroatoms. The van der Waals surface area contributed by atoms with E-state index in [0.717, 1.165) is 6.42 Å². The van der Waals surface area contributed by atoms with Crippen LogP contribution in [-0.4, -0.2) is 22.7 Å². The van der Waals surface area contributed by atoms with Crippen LogP contribution in [0.2, 0.25) is 0 Å². The molecule has 0 unspecified atom stereocenters. The predicted octanol–water partition coefficient (Wildman–Crippen LogP) is 2.46. The molecule has 0 bridgehead atoms. The number of rotatable bonds is 2. The van der Waals surface area contributed by atoms with E-state index in [1.165, 1.54) is 5.56 Å². The molecule has 1 amide bonds. The summed E-state index contributed by atoms with van der Waals surface area (Å²) in [7, 11) is 0. The molecule has 1 heterocycles. The minimum Gasteiger partial charge on any atom is -0.444 e. The lowest BCUT2D eigenvalue weighted by Crippen LogP contribution is -2.34. The Bertz CT molecular complexity index is 398. The van der Waals surface area contributed by atoms with Crippen molar-refractivity contribution in [1.29, 1.82) is 0 Å². The second-order valence-corrected chi connectivity index (χ2v) is 5.38. The summed E-state index contributed by atoms with van der Waals surface area (Å²) in [5, 5.41) is 2.87. The first kappa shape index (κ1) is 11.9. The fraction of sp³-hybridized carbons (Fsp3) is 0.538.